The van der Waals surface area contributed by atoms with E-state index in [1.54, 1.807) is 19.0 Å². The number of carbonyl (C=O) groups is 1. The Morgan fingerprint density at radius 2 is 1.62 bits per heavy atom. The molecule has 0 unspecified atom stereocenters. The average Bonchev–Trinajstić information content (AvgIpc) is 2.54. The van der Waals surface area contributed by atoms with Crippen LogP contribution < -0.4 is 0 Å². The molecule has 0 aliphatic heterocycles. The van der Waals surface area contributed by atoms with Crippen molar-refractivity contribution in [2.45, 2.75) is 0 Å². The zero-order chi connectivity index (χ0) is 14.8. The molecule has 0 spiro atoms. The summed E-state index contributed by atoms with van der Waals surface area (Å²) in [5.41, 5.74) is 2.33. The molecule has 21 heavy (non-hydrogen) atoms. The first kappa shape index (κ1) is 13.3. The Morgan fingerprint density at radius 3 is 2.33 bits per heavy atom. The van der Waals surface area contributed by atoms with E-state index >= 15 is 0 Å². The lowest BCUT2D eigenvalue weighted by Gasteiger charge is -2.13. The lowest BCUT2D eigenvalue weighted by Crippen LogP contribution is -2.23. The van der Waals surface area contributed by atoms with Crippen LogP contribution in [0.3, 0.4) is 0 Å². The van der Waals surface area contributed by atoms with Gasteiger partial charge in [-0.3, -0.25) is 4.79 Å². The van der Waals surface area contributed by atoms with Gasteiger partial charge < -0.3 is 4.90 Å². The van der Waals surface area contributed by atoms with Gasteiger partial charge in [0.05, 0.1) is 5.69 Å². The van der Waals surface area contributed by atoms with Gasteiger partial charge in [0.1, 0.15) is 5.69 Å². The number of nitrogens with zero attached hydrogens (tertiary/aromatic N) is 2. The molecule has 3 nitrogen and oxygen atoms in total. The molecule has 0 aliphatic carbocycles. The van der Waals surface area contributed by atoms with Gasteiger partial charge in [-0.1, -0.05) is 54.6 Å². The van der Waals surface area contributed by atoms with Crippen LogP contribution >= 0.6 is 0 Å². The van der Waals surface area contributed by atoms with Crippen molar-refractivity contribution in [3.8, 4) is 11.3 Å². The highest BCUT2D eigenvalue weighted by molar-refractivity contribution is 6.06. The highest BCUT2D eigenvalue weighted by Gasteiger charge is 2.15. The van der Waals surface area contributed by atoms with Crippen LogP contribution in [0.2, 0.25) is 0 Å². The summed E-state index contributed by atoms with van der Waals surface area (Å²) in [4.78, 5) is 18.6. The van der Waals surface area contributed by atoms with Gasteiger partial charge in [-0.25, -0.2) is 4.98 Å². The normalized spacial score (nSPS) is 10.6. The maximum atomic E-state index is 12.4. The monoisotopic (exact) mass is 276 g/mol. The Kier molecular flexibility index (Phi) is 3.40. The lowest BCUT2D eigenvalue weighted by molar-refractivity contribution is 0.0824. The van der Waals surface area contributed by atoms with Crippen LogP contribution in [0, 0.1) is 0 Å². The fourth-order valence-electron chi connectivity index (χ4n) is 2.33. The van der Waals surface area contributed by atoms with Crippen molar-refractivity contribution in [3.63, 3.8) is 0 Å². The minimum atomic E-state index is -0.0796. The van der Waals surface area contributed by atoms with Crippen molar-refractivity contribution in [1.82, 2.24) is 9.88 Å². The molecule has 3 heteroatoms. The van der Waals surface area contributed by atoms with Crippen LogP contribution in [0.5, 0.6) is 0 Å². The first-order valence-corrected chi connectivity index (χ1v) is 6.83. The first-order valence-electron chi connectivity index (χ1n) is 6.83. The van der Waals surface area contributed by atoms with E-state index < -0.39 is 0 Å². The van der Waals surface area contributed by atoms with E-state index in [0.29, 0.717) is 5.69 Å². The van der Waals surface area contributed by atoms with Gasteiger partial charge in [0, 0.05) is 25.0 Å². The minimum absolute atomic E-state index is 0.0796. The maximum absolute atomic E-state index is 12.4. The minimum Gasteiger partial charge on any atom is -0.343 e. The number of amides is 1. The van der Waals surface area contributed by atoms with Crippen LogP contribution in [-0.4, -0.2) is 29.9 Å². The van der Waals surface area contributed by atoms with Gasteiger partial charge in [-0.15, -0.1) is 0 Å². The van der Waals surface area contributed by atoms with E-state index in [2.05, 4.69) is 4.98 Å². The summed E-state index contributed by atoms with van der Waals surface area (Å²) >= 11 is 0. The predicted molar refractivity (Wildman–Crippen MR) is 85.2 cm³/mol. The highest BCUT2D eigenvalue weighted by Crippen LogP contribution is 2.25. The van der Waals surface area contributed by atoms with Crippen LogP contribution in [0.25, 0.3) is 22.0 Å². The Bertz CT molecular complexity index is 795. The van der Waals surface area contributed by atoms with E-state index in [-0.39, 0.29) is 5.91 Å². The van der Waals surface area contributed by atoms with Gasteiger partial charge in [0.15, 0.2) is 0 Å². The molecule has 1 aromatic heterocycles. The number of hydrogen-bond acceptors (Lipinski definition) is 2. The summed E-state index contributed by atoms with van der Waals surface area (Å²) < 4.78 is 0. The fourth-order valence-corrected chi connectivity index (χ4v) is 2.33. The highest BCUT2D eigenvalue weighted by atomic mass is 16.2. The summed E-state index contributed by atoms with van der Waals surface area (Å²) in [5.74, 6) is -0.0796. The number of pyridine rings is 1. The average molecular weight is 276 g/mol. The molecular formula is C18H16N2O. The second-order valence-corrected chi connectivity index (χ2v) is 5.14. The fraction of sp³-hybridized carbons (Fsp3) is 0.111. The molecular weight excluding hydrogens is 260 g/mol. The Balaban J connectivity index is 2.27. The van der Waals surface area contributed by atoms with E-state index in [4.69, 9.17) is 0 Å². The topological polar surface area (TPSA) is 33.2 Å². The zero-order valence-electron chi connectivity index (χ0n) is 12.1. The summed E-state index contributed by atoms with van der Waals surface area (Å²) in [6.07, 6.45) is 0. The molecule has 0 N–H and O–H groups in total. The molecule has 1 heterocycles. The summed E-state index contributed by atoms with van der Waals surface area (Å²) in [5, 5.41) is 1.91. The number of hydrogen-bond donors (Lipinski definition) is 0. The van der Waals surface area contributed by atoms with Gasteiger partial charge in [0.2, 0.25) is 0 Å². The molecule has 0 atom stereocenters. The van der Waals surface area contributed by atoms with Crippen molar-refractivity contribution in [2.24, 2.45) is 0 Å². The molecule has 0 fully saturated rings. The lowest BCUT2D eigenvalue weighted by atomic mass is 10.0. The van der Waals surface area contributed by atoms with E-state index in [0.717, 1.165) is 22.0 Å². The van der Waals surface area contributed by atoms with Crippen molar-refractivity contribution in [1.29, 1.82) is 0 Å². The summed E-state index contributed by atoms with van der Waals surface area (Å²) in [7, 11) is 3.49. The van der Waals surface area contributed by atoms with E-state index in [1.807, 2.05) is 60.7 Å². The van der Waals surface area contributed by atoms with Gasteiger partial charge in [-0.05, 0) is 11.5 Å². The largest absolute Gasteiger partial charge is 0.343 e. The molecule has 1 amide bonds. The van der Waals surface area contributed by atoms with Crippen molar-refractivity contribution in [2.75, 3.05) is 14.1 Å². The summed E-state index contributed by atoms with van der Waals surface area (Å²) in [6.45, 7) is 0. The standard InChI is InChI=1S/C18H16N2O/c1-20(2)18(21)17-15-11-7-6-10-14(15)12-16(19-17)13-8-4-3-5-9-13/h3-12H,1-2H3. The number of benzene rings is 2. The second kappa shape index (κ2) is 5.37. The van der Waals surface area contributed by atoms with E-state index in [9.17, 15) is 4.79 Å². The number of carbonyl (C=O) groups excluding carboxylic acids is 1. The van der Waals surface area contributed by atoms with Crippen LogP contribution in [0.1, 0.15) is 10.5 Å². The van der Waals surface area contributed by atoms with Gasteiger partial charge >= 0.3 is 0 Å². The molecule has 3 rings (SSSR count). The molecule has 3 aromatic rings. The van der Waals surface area contributed by atoms with E-state index in [1.165, 1.54) is 0 Å². The Hall–Kier alpha value is -2.68. The third-order valence-corrected chi connectivity index (χ3v) is 3.42. The van der Waals surface area contributed by atoms with Crippen LogP contribution in [0.4, 0.5) is 0 Å². The molecule has 0 aliphatic rings. The zero-order valence-corrected chi connectivity index (χ0v) is 12.1. The van der Waals surface area contributed by atoms with Gasteiger partial charge in [-0.2, -0.15) is 0 Å². The SMILES string of the molecule is CN(C)C(=O)c1nc(-c2ccccc2)cc2ccccc12. The quantitative estimate of drug-likeness (QED) is 0.716. The predicted octanol–water partition coefficient (Wildman–Crippen LogP) is 3.60. The van der Waals surface area contributed by atoms with Crippen molar-refractivity contribution in [3.05, 3.63) is 66.4 Å². The molecule has 0 bridgehead atoms. The van der Waals surface area contributed by atoms with Crippen molar-refractivity contribution < 1.29 is 4.79 Å². The van der Waals surface area contributed by atoms with Gasteiger partial charge in [0.25, 0.3) is 5.91 Å². The summed E-state index contributed by atoms with van der Waals surface area (Å²) in [6, 6.07) is 19.8. The van der Waals surface area contributed by atoms with Crippen LogP contribution in [-0.2, 0) is 0 Å². The molecule has 0 radical (unpaired) electrons. The number of fused-ring (bicyclic) bond motifs is 1. The Morgan fingerprint density at radius 1 is 0.952 bits per heavy atom. The second-order valence-electron chi connectivity index (χ2n) is 5.14. The first-order chi connectivity index (χ1) is 10.2. The maximum Gasteiger partial charge on any atom is 0.272 e. The Labute approximate surface area is 123 Å². The molecule has 0 saturated carbocycles. The number of aromatic nitrogens is 1. The third-order valence-electron chi connectivity index (χ3n) is 3.42. The van der Waals surface area contributed by atoms with Crippen molar-refractivity contribution >= 4 is 16.7 Å². The smallest absolute Gasteiger partial charge is 0.272 e. The number of rotatable bonds is 2. The molecule has 0 saturated heterocycles. The van der Waals surface area contributed by atoms with Crippen LogP contribution in [0.15, 0.2) is 60.7 Å². The third kappa shape index (κ3) is 2.50. The molecule has 2 aromatic carbocycles. The molecule has 104 valence electrons.